The first-order chi connectivity index (χ1) is 5.52. The Bertz CT molecular complexity index is 301. The summed E-state index contributed by atoms with van der Waals surface area (Å²) in [5.74, 6) is -1.08. The average Bonchev–Trinajstić information content (AvgIpc) is 1.96. The zero-order chi connectivity index (χ0) is 9.30. The number of hydrogen-bond acceptors (Lipinski definition) is 1. The normalized spacial score (nSPS) is 10.8. The van der Waals surface area contributed by atoms with Gasteiger partial charge in [-0.25, -0.2) is 13.8 Å². The Morgan fingerprint density at radius 1 is 1.50 bits per heavy atom. The molecule has 1 aromatic heterocycles. The zero-order valence-electron chi connectivity index (χ0n) is 6.11. The quantitative estimate of drug-likeness (QED) is 0.571. The molecule has 0 fully saturated rings. The molecule has 0 unspecified atom stereocenters. The molecule has 66 valence electrons. The van der Waals surface area contributed by atoms with Crippen LogP contribution in [0, 0.1) is 16.4 Å². The maximum absolute atomic E-state index is 12.7. The van der Waals surface area contributed by atoms with Crippen molar-refractivity contribution in [1.29, 1.82) is 0 Å². The molecule has 0 saturated carbocycles. The number of aryl methyl sites for hydroxylation is 1. The fourth-order valence-corrected chi connectivity index (χ4v) is 1.17. The van der Waals surface area contributed by atoms with Crippen molar-refractivity contribution in [3.8, 4) is 0 Å². The largest absolute Gasteiger partial charge is 0.268 e. The van der Waals surface area contributed by atoms with Crippen LogP contribution in [0.15, 0.2) is 6.07 Å². The Kier molecular flexibility index (Phi) is 2.92. The highest BCUT2D eigenvalue weighted by Gasteiger charge is 2.15. The predicted octanol–water partition coefficient (Wildman–Crippen LogP) is 3.07. The molecule has 0 N–H and O–H groups in total. The van der Waals surface area contributed by atoms with E-state index in [1.54, 1.807) is 6.92 Å². The monoisotopic (exact) mass is 287 g/mol. The van der Waals surface area contributed by atoms with Gasteiger partial charge in [-0.05, 0) is 35.6 Å². The van der Waals surface area contributed by atoms with Gasteiger partial charge in [0.25, 0.3) is 6.43 Å². The third-order valence-electron chi connectivity index (χ3n) is 1.37. The second-order valence-electron chi connectivity index (χ2n) is 2.24. The van der Waals surface area contributed by atoms with E-state index in [0.717, 1.165) is 6.07 Å². The van der Waals surface area contributed by atoms with Crippen molar-refractivity contribution < 1.29 is 13.2 Å². The Morgan fingerprint density at radius 2 is 2.08 bits per heavy atom. The van der Waals surface area contributed by atoms with Crippen LogP contribution in [0.3, 0.4) is 0 Å². The molecule has 0 atom stereocenters. The van der Waals surface area contributed by atoms with Gasteiger partial charge in [0, 0.05) is 3.57 Å². The average molecular weight is 287 g/mol. The smallest absolute Gasteiger partial charge is 0.224 e. The number of halogens is 4. The number of pyridine rings is 1. The highest BCUT2D eigenvalue weighted by Crippen LogP contribution is 2.23. The molecule has 0 spiro atoms. The van der Waals surface area contributed by atoms with Gasteiger partial charge in [0.2, 0.25) is 5.95 Å². The summed E-state index contributed by atoms with van der Waals surface area (Å²) in [5, 5.41) is 0. The number of nitrogens with zero attached hydrogens (tertiary/aromatic N) is 1. The van der Waals surface area contributed by atoms with Gasteiger partial charge in [-0.3, -0.25) is 0 Å². The van der Waals surface area contributed by atoms with Crippen molar-refractivity contribution in [3.05, 3.63) is 26.8 Å². The minimum atomic E-state index is -2.80. The van der Waals surface area contributed by atoms with Gasteiger partial charge in [0.05, 0.1) is 11.3 Å². The molecule has 0 saturated heterocycles. The van der Waals surface area contributed by atoms with Crippen LogP contribution in [-0.2, 0) is 0 Å². The molecule has 1 nitrogen and oxygen atoms in total. The van der Waals surface area contributed by atoms with Crippen LogP contribution in [0.4, 0.5) is 13.2 Å². The summed E-state index contributed by atoms with van der Waals surface area (Å²) in [7, 11) is 0. The fourth-order valence-electron chi connectivity index (χ4n) is 0.719. The Labute approximate surface area is 81.1 Å². The van der Waals surface area contributed by atoms with Crippen LogP contribution in [0.5, 0.6) is 0 Å². The molecule has 5 heteroatoms. The van der Waals surface area contributed by atoms with E-state index >= 15 is 0 Å². The second-order valence-corrected chi connectivity index (χ2v) is 3.40. The maximum Gasteiger partial charge on any atom is 0.268 e. The predicted molar refractivity (Wildman–Crippen MR) is 46.6 cm³/mol. The van der Waals surface area contributed by atoms with Crippen LogP contribution in [-0.4, -0.2) is 4.98 Å². The van der Waals surface area contributed by atoms with E-state index in [1.807, 2.05) is 22.6 Å². The molecule has 1 aromatic rings. The molecule has 0 aliphatic carbocycles. The third kappa shape index (κ3) is 1.88. The molecular formula is C7H5F3IN. The van der Waals surface area contributed by atoms with E-state index in [1.165, 1.54) is 0 Å². The maximum atomic E-state index is 12.7. The van der Waals surface area contributed by atoms with Gasteiger partial charge in [-0.1, -0.05) is 0 Å². The van der Waals surface area contributed by atoms with E-state index in [9.17, 15) is 13.2 Å². The molecule has 0 aromatic carbocycles. The van der Waals surface area contributed by atoms with Crippen LogP contribution in [0.2, 0.25) is 0 Å². The van der Waals surface area contributed by atoms with Gasteiger partial charge in [0.1, 0.15) is 0 Å². The summed E-state index contributed by atoms with van der Waals surface area (Å²) in [6.07, 6.45) is -2.80. The molecule has 1 heterocycles. The first-order valence-electron chi connectivity index (χ1n) is 3.13. The number of rotatable bonds is 1. The topological polar surface area (TPSA) is 12.9 Å². The van der Waals surface area contributed by atoms with E-state index in [4.69, 9.17) is 0 Å². The summed E-state index contributed by atoms with van der Waals surface area (Å²) in [4.78, 5) is 3.34. The summed E-state index contributed by atoms with van der Waals surface area (Å²) >= 11 is 1.84. The molecular weight excluding hydrogens is 282 g/mol. The minimum absolute atomic E-state index is 0.428. The minimum Gasteiger partial charge on any atom is -0.224 e. The fraction of sp³-hybridized carbons (Fsp3) is 0.286. The number of hydrogen-bond donors (Lipinski definition) is 0. The van der Waals surface area contributed by atoms with Gasteiger partial charge < -0.3 is 0 Å². The molecule has 12 heavy (non-hydrogen) atoms. The van der Waals surface area contributed by atoms with E-state index in [2.05, 4.69) is 4.98 Å². The zero-order valence-corrected chi connectivity index (χ0v) is 8.27. The third-order valence-corrected chi connectivity index (χ3v) is 2.46. The standard InChI is InChI=1S/C7H5F3IN/c1-3-5(11)2-4(6(8)9)7(10)12-3/h2,6H,1H3. The van der Waals surface area contributed by atoms with E-state index in [-0.39, 0.29) is 0 Å². The van der Waals surface area contributed by atoms with Crippen molar-refractivity contribution in [2.75, 3.05) is 0 Å². The first kappa shape index (κ1) is 9.76. The van der Waals surface area contributed by atoms with Crippen molar-refractivity contribution in [2.24, 2.45) is 0 Å². The van der Waals surface area contributed by atoms with Crippen LogP contribution >= 0.6 is 22.6 Å². The molecule has 0 bridgehead atoms. The molecule has 0 radical (unpaired) electrons. The number of aromatic nitrogens is 1. The highest BCUT2D eigenvalue weighted by atomic mass is 127. The van der Waals surface area contributed by atoms with Crippen LogP contribution < -0.4 is 0 Å². The summed E-state index contributed by atoms with van der Waals surface area (Å²) in [6, 6.07) is 1.11. The molecule has 0 amide bonds. The van der Waals surface area contributed by atoms with Gasteiger partial charge in [-0.2, -0.15) is 4.39 Å². The van der Waals surface area contributed by atoms with E-state index in [0.29, 0.717) is 9.26 Å². The van der Waals surface area contributed by atoms with Crippen molar-refractivity contribution in [3.63, 3.8) is 0 Å². The lowest BCUT2D eigenvalue weighted by molar-refractivity contribution is 0.145. The Balaban J connectivity index is 3.23. The summed E-state index contributed by atoms with van der Waals surface area (Å²) in [5.41, 5.74) is -0.206. The summed E-state index contributed by atoms with van der Waals surface area (Å²) < 4.78 is 37.3. The highest BCUT2D eigenvalue weighted by molar-refractivity contribution is 14.1. The molecule has 1 rings (SSSR count). The lowest BCUT2D eigenvalue weighted by Crippen LogP contribution is -1.98. The van der Waals surface area contributed by atoms with E-state index < -0.39 is 17.9 Å². The number of alkyl halides is 2. The second kappa shape index (κ2) is 3.59. The van der Waals surface area contributed by atoms with Gasteiger partial charge >= 0.3 is 0 Å². The first-order valence-corrected chi connectivity index (χ1v) is 4.21. The van der Waals surface area contributed by atoms with Crippen LogP contribution in [0.1, 0.15) is 17.7 Å². The Morgan fingerprint density at radius 3 is 2.58 bits per heavy atom. The van der Waals surface area contributed by atoms with Gasteiger partial charge in [0.15, 0.2) is 0 Å². The lowest BCUT2D eigenvalue weighted by Gasteiger charge is -2.03. The van der Waals surface area contributed by atoms with Gasteiger partial charge in [-0.15, -0.1) is 0 Å². The van der Waals surface area contributed by atoms with Crippen molar-refractivity contribution in [1.82, 2.24) is 4.98 Å². The summed E-state index contributed by atoms with van der Waals surface area (Å²) in [6.45, 7) is 1.57. The van der Waals surface area contributed by atoms with Crippen molar-refractivity contribution >= 4 is 22.6 Å². The molecule has 0 aliphatic rings. The van der Waals surface area contributed by atoms with Crippen molar-refractivity contribution in [2.45, 2.75) is 13.3 Å². The SMILES string of the molecule is Cc1nc(F)c(C(F)F)cc1I. The van der Waals surface area contributed by atoms with Crippen LogP contribution in [0.25, 0.3) is 0 Å². The lowest BCUT2D eigenvalue weighted by atomic mass is 10.2. The molecule has 0 aliphatic heterocycles. The Hall–Kier alpha value is -0.330.